The first-order valence-electron chi connectivity index (χ1n) is 9.61. The molecule has 5 heteroatoms. The van der Waals surface area contributed by atoms with Crippen LogP contribution in [0.5, 0.6) is 0 Å². The van der Waals surface area contributed by atoms with Gasteiger partial charge in [0.15, 0.2) is 5.78 Å². The molecule has 0 spiro atoms. The second-order valence-corrected chi connectivity index (χ2v) is 8.61. The molecule has 3 nitrogen and oxygen atoms in total. The minimum atomic E-state index is -0.730. The monoisotopic (exact) mass is 415 g/mol. The van der Waals surface area contributed by atoms with E-state index in [9.17, 15) is 9.90 Å². The molecule has 0 fully saturated rings. The highest BCUT2D eigenvalue weighted by Crippen LogP contribution is 2.39. The van der Waals surface area contributed by atoms with Crippen molar-refractivity contribution in [3.63, 3.8) is 0 Å². The highest BCUT2D eigenvalue weighted by molar-refractivity contribution is 6.31. The van der Waals surface area contributed by atoms with E-state index in [1.165, 1.54) is 22.3 Å². The van der Waals surface area contributed by atoms with Crippen LogP contribution in [0, 0.1) is 0 Å². The lowest BCUT2D eigenvalue weighted by Crippen LogP contribution is -2.50. The predicted octanol–water partition coefficient (Wildman–Crippen LogP) is 4.57. The number of Topliss-reactive ketones (excluding diaryl/α,β-unsaturated/α-hetero) is 1. The standard InChI is InChI=1S/C23H23Cl2NO2/c1-14(27)23(22(28)10-15-3-2-4-18(24)9-15)26-8-7-20-17(13-26)11-16-5-6-19(25)12-21(16)20/h2-6,9,12,14,23,27H,7-8,10-11,13H2,1H3. The van der Waals surface area contributed by atoms with Gasteiger partial charge in [-0.15, -0.1) is 0 Å². The summed E-state index contributed by atoms with van der Waals surface area (Å²) in [5.41, 5.74) is 6.13. The van der Waals surface area contributed by atoms with Crippen LogP contribution in [0.3, 0.4) is 0 Å². The lowest BCUT2D eigenvalue weighted by Gasteiger charge is -2.36. The Morgan fingerprint density at radius 2 is 1.96 bits per heavy atom. The SMILES string of the molecule is CC(O)C(C(=O)Cc1cccc(Cl)c1)N1CCC2=C(Cc3ccc(Cl)cc32)C1. The molecule has 0 saturated carbocycles. The van der Waals surface area contributed by atoms with Gasteiger partial charge in [-0.25, -0.2) is 0 Å². The smallest absolute Gasteiger partial charge is 0.156 e. The quantitative estimate of drug-likeness (QED) is 0.777. The summed E-state index contributed by atoms with van der Waals surface area (Å²) >= 11 is 12.2. The summed E-state index contributed by atoms with van der Waals surface area (Å²) in [7, 11) is 0. The fourth-order valence-electron chi connectivity index (χ4n) is 4.52. The van der Waals surface area contributed by atoms with Gasteiger partial charge in [0.2, 0.25) is 0 Å². The Kier molecular flexibility index (Phi) is 5.62. The zero-order valence-electron chi connectivity index (χ0n) is 15.8. The number of carbonyl (C=O) groups excluding carboxylic acids is 1. The van der Waals surface area contributed by atoms with E-state index in [0.717, 1.165) is 30.0 Å². The lowest BCUT2D eigenvalue weighted by atomic mass is 9.94. The van der Waals surface area contributed by atoms with Crippen LogP contribution in [0.2, 0.25) is 10.0 Å². The molecule has 1 N–H and O–H groups in total. The first-order valence-corrected chi connectivity index (χ1v) is 10.4. The maximum Gasteiger partial charge on any atom is 0.156 e. The summed E-state index contributed by atoms with van der Waals surface area (Å²) in [5, 5.41) is 11.8. The van der Waals surface area contributed by atoms with Crippen molar-refractivity contribution in [2.75, 3.05) is 13.1 Å². The van der Waals surface area contributed by atoms with Crippen molar-refractivity contribution in [2.24, 2.45) is 0 Å². The molecule has 1 heterocycles. The molecule has 1 aliphatic heterocycles. The van der Waals surface area contributed by atoms with E-state index in [1.807, 2.05) is 30.3 Å². The molecule has 2 aliphatic rings. The summed E-state index contributed by atoms with van der Waals surface area (Å²) in [6.45, 7) is 3.16. The van der Waals surface area contributed by atoms with E-state index in [-0.39, 0.29) is 12.2 Å². The fourth-order valence-corrected chi connectivity index (χ4v) is 4.91. The maximum absolute atomic E-state index is 13.0. The van der Waals surface area contributed by atoms with E-state index in [4.69, 9.17) is 23.2 Å². The Morgan fingerprint density at radius 3 is 2.71 bits per heavy atom. The number of benzene rings is 2. The van der Waals surface area contributed by atoms with Gasteiger partial charge < -0.3 is 5.11 Å². The number of hydrogen-bond acceptors (Lipinski definition) is 3. The summed E-state index contributed by atoms with van der Waals surface area (Å²) in [5.74, 6) is 0.0277. The number of fused-ring (bicyclic) bond motifs is 2. The Balaban J connectivity index is 1.53. The van der Waals surface area contributed by atoms with Crippen LogP contribution in [0.15, 0.2) is 48.0 Å². The fraction of sp³-hybridized carbons (Fsp3) is 0.348. The van der Waals surface area contributed by atoms with Crippen LogP contribution < -0.4 is 0 Å². The van der Waals surface area contributed by atoms with Gasteiger partial charge in [0, 0.05) is 29.6 Å². The Bertz CT molecular complexity index is 951. The van der Waals surface area contributed by atoms with E-state index >= 15 is 0 Å². The van der Waals surface area contributed by atoms with Gasteiger partial charge in [-0.2, -0.15) is 0 Å². The zero-order valence-corrected chi connectivity index (χ0v) is 17.3. The van der Waals surface area contributed by atoms with Crippen molar-refractivity contribution in [3.05, 3.63) is 74.8 Å². The van der Waals surface area contributed by atoms with Crippen LogP contribution in [0.1, 0.15) is 30.0 Å². The Hall–Kier alpha value is -1.65. The minimum Gasteiger partial charge on any atom is -0.391 e. The third-order valence-corrected chi connectivity index (χ3v) is 6.19. The van der Waals surface area contributed by atoms with Crippen molar-refractivity contribution >= 4 is 34.6 Å². The number of hydrogen-bond donors (Lipinski definition) is 1. The van der Waals surface area contributed by atoms with Crippen LogP contribution in [0.25, 0.3) is 5.57 Å². The molecule has 2 aromatic rings. The number of carbonyl (C=O) groups is 1. The Labute approximate surface area is 175 Å². The van der Waals surface area contributed by atoms with E-state index in [1.54, 1.807) is 13.0 Å². The van der Waals surface area contributed by atoms with Gasteiger partial charge in [0.1, 0.15) is 0 Å². The summed E-state index contributed by atoms with van der Waals surface area (Å²) in [6, 6.07) is 12.9. The van der Waals surface area contributed by atoms with Gasteiger partial charge in [0.25, 0.3) is 0 Å². The lowest BCUT2D eigenvalue weighted by molar-refractivity contribution is -0.127. The van der Waals surface area contributed by atoms with Crippen LogP contribution in [0.4, 0.5) is 0 Å². The number of aliphatic hydroxyl groups is 1. The maximum atomic E-state index is 13.0. The van der Waals surface area contributed by atoms with Crippen molar-refractivity contribution < 1.29 is 9.90 Å². The largest absolute Gasteiger partial charge is 0.391 e. The van der Waals surface area contributed by atoms with Gasteiger partial charge in [-0.1, -0.05) is 41.4 Å². The zero-order chi connectivity index (χ0) is 19.8. The molecule has 2 atom stereocenters. The number of ketones is 1. The molecule has 28 heavy (non-hydrogen) atoms. The van der Waals surface area contributed by atoms with Gasteiger partial charge in [-0.05, 0) is 71.9 Å². The highest BCUT2D eigenvalue weighted by Gasteiger charge is 2.35. The third-order valence-electron chi connectivity index (χ3n) is 5.72. The molecular formula is C23H23Cl2NO2. The molecule has 146 valence electrons. The number of nitrogens with zero attached hydrogens (tertiary/aromatic N) is 1. The molecular weight excluding hydrogens is 393 g/mol. The van der Waals surface area contributed by atoms with Crippen LogP contribution in [-0.4, -0.2) is 41.0 Å². The second kappa shape index (κ2) is 8.00. The van der Waals surface area contributed by atoms with Gasteiger partial charge >= 0.3 is 0 Å². The first-order chi connectivity index (χ1) is 13.4. The van der Waals surface area contributed by atoms with Crippen LogP contribution >= 0.6 is 23.2 Å². The number of aliphatic hydroxyl groups excluding tert-OH is 1. The molecule has 0 aromatic heterocycles. The molecule has 2 aromatic carbocycles. The van der Waals surface area contributed by atoms with Crippen molar-refractivity contribution in [2.45, 2.75) is 38.3 Å². The molecule has 0 amide bonds. The van der Waals surface area contributed by atoms with Gasteiger partial charge in [0.05, 0.1) is 12.1 Å². The molecule has 2 unspecified atom stereocenters. The second-order valence-electron chi connectivity index (χ2n) is 7.74. The molecule has 1 aliphatic carbocycles. The van der Waals surface area contributed by atoms with Crippen molar-refractivity contribution in [3.8, 4) is 0 Å². The third kappa shape index (κ3) is 3.90. The highest BCUT2D eigenvalue weighted by atomic mass is 35.5. The number of rotatable bonds is 5. The molecule has 0 saturated heterocycles. The minimum absolute atomic E-state index is 0.0277. The van der Waals surface area contributed by atoms with Crippen molar-refractivity contribution in [1.82, 2.24) is 4.90 Å². The molecule has 4 rings (SSSR count). The van der Waals surface area contributed by atoms with Gasteiger partial charge in [-0.3, -0.25) is 9.69 Å². The summed E-state index contributed by atoms with van der Waals surface area (Å²) in [4.78, 5) is 15.2. The number of halogens is 2. The molecule has 0 bridgehead atoms. The van der Waals surface area contributed by atoms with Crippen molar-refractivity contribution in [1.29, 1.82) is 0 Å². The van der Waals surface area contributed by atoms with E-state index in [2.05, 4.69) is 11.0 Å². The predicted molar refractivity (Wildman–Crippen MR) is 114 cm³/mol. The first kappa shape index (κ1) is 19.7. The summed E-state index contributed by atoms with van der Waals surface area (Å²) in [6.07, 6.45) is 1.31. The topological polar surface area (TPSA) is 40.5 Å². The van der Waals surface area contributed by atoms with E-state index < -0.39 is 12.1 Å². The molecule has 0 radical (unpaired) electrons. The van der Waals surface area contributed by atoms with Crippen LogP contribution in [-0.2, 0) is 17.6 Å². The normalized spacial score (nSPS) is 18.6. The van der Waals surface area contributed by atoms with E-state index in [0.29, 0.717) is 11.6 Å². The average molecular weight is 416 g/mol. The average Bonchev–Trinajstić information content (AvgIpc) is 2.98. The Morgan fingerprint density at radius 1 is 1.18 bits per heavy atom. The summed E-state index contributed by atoms with van der Waals surface area (Å²) < 4.78 is 0.